The molecule has 0 spiro atoms. The van der Waals surface area contributed by atoms with Gasteiger partial charge in [-0.25, -0.2) is 0 Å². The first kappa shape index (κ1) is 12.7. The summed E-state index contributed by atoms with van der Waals surface area (Å²) in [7, 11) is 0. The number of nitrogens with zero attached hydrogens (tertiary/aromatic N) is 1. The van der Waals surface area contributed by atoms with Crippen molar-refractivity contribution in [3.63, 3.8) is 0 Å². The average Bonchev–Trinajstić information content (AvgIpc) is 2.37. The molecule has 0 unspecified atom stereocenters. The Morgan fingerprint density at radius 3 is 2.78 bits per heavy atom. The number of ketones is 1. The van der Waals surface area contributed by atoms with Gasteiger partial charge in [0.2, 0.25) is 0 Å². The molecule has 0 bridgehead atoms. The highest BCUT2D eigenvalue weighted by molar-refractivity contribution is 6.04. The van der Waals surface area contributed by atoms with E-state index in [1.807, 2.05) is 51.1 Å². The zero-order valence-corrected chi connectivity index (χ0v) is 11.0. The van der Waals surface area contributed by atoms with Gasteiger partial charge in [-0.15, -0.1) is 0 Å². The Morgan fingerprint density at radius 2 is 2.06 bits per heavy atom. The molecule has 3 heteroatoms. The third kappa shape index (κ3) is 2.41. The fourth-order valence-corrected chi connectivity index (χ4v) is 2.08. The quantitative estimate of drug-likeness (QED) is 0.838. The number of aromatic nitrogens is 1. The maximum Gasteiger partial charge on any atom is 0.183 e. The lowest BCUT2D eigenvalue weighted by Crippen LogP contribution is -2.46. The van der Waals surface area contributed by atoms with Crippen LogP contribution in [0.4, 0.5) is 0 Å². The summed E-state index contributed by atoms with van der Waals surface area (Å²) in [4.78, 5) is 16.7. The minimum atomic E-state index is -0.557. The second kappa shape index (κ2) is 4.86. The molecule has 0 fully saturated rings. The highest BCUT2D eigenvalue weighted by atomic mass is 16.1. The molecule has 0 aliphatic heterocycles. The topological polar surface area (TPSA) is 42.0 Å². The number of para-hydroxylation sites is 1. The van der Waals surface area contributed by atoms with Gasteiger partial charge in [0, 0.05) is 17.1 Å². The van der Waals surface area contributed by atoms with E-state index >= 15 is 0 Å². The summed E-state index contributed by atoms with van der Waals surface area (Å²) in [6.45, 7) is 6.55. The molecule has 1 N–H and O–H groups in total. The van der Waals surface area contributed by atoms with Crippen molar-refractivity contribution in [1.29, 1.82) is 0 Å². The van der Waals surface area contributed by atoms with Crippen LogP contribution < -0.4 is 5.32 Å². The highest BCUT2D eigenvalue weighted by Crippen LogP contribution is 2.17. The molecule has 1 aromatic heterocycles. The van der Waals surface area contributed by atoms with Crippen molar-refractivity contribution in [3.8, 4) is 0 Å². The first-order chi connectivity index (χ1) is 8.54. The number of benzene rings is 1. The Hall–Kier alpha value is -1.74. The van der Waals surface area contributed by atoms with Gasteiger partial charge in [-0.1, -0.05) is 25.1 Å². The molecule has 0 aliphatic carbocycles. The Morgan fingerprint density at radius 1 is 1.33 bits per heavy atom. The highest BCUT2D eigenvalue weighted by Gasteiger charge is 2.27. The summed E-state index contributed by atoms with van der Waals surface area (Å²) in [5, 5.41) is 4.19. The van der Waals surface area contributed by atoms with Crippen molar-refractivity contribution >= 4 is 16.7 Å². The summed E-state index contributed by atoms with van der Waals surface area (Å²) in [5.74, 6) is 0.0719. The van der Waals surface area contributed by atoms with E-state index in [0.29, 0.717) is 5.56 Å². The van der Waals surface area contributed by atoms with Crippen LogP contribution in [0.3, 0.4) is 0 Å². The maximum atomic E-state index is 12.4. The normalized spacial score (nSPS) is 11.7. The summed E-state index contributed by atoms with van der Waals surface area (Å²) in [5.41, 5.74) is 1.01. The van der Waals surface area contributed by atoms with Crippen LogP contribution in [0.5, 0.6) is 0 Å². The standard InChI is InChI=1S/C15H18N2O/c1-4-17-15(2,3)14(18)12-9-11-7-5-6-8-13(11)16-10-12/h5-10,17H,4H2,1-3H3. The molecule has 1 heterocycles. The van der Waals surface area contributed by atoms with E-state index in [-0.39, 0.29) is 5.78 Å². The molecule has 0 saturated heterocycles. The Bertz CT molecular complexity index is 575. The van der Waals surface area contributed by atoms with Gasteiger partial charge in [0.15, 0.2) is 5.78 Å². The zero-order chi connectivity index (χ0) is 13.2. The van der Waals surface area contributed by atoms with E-state index in [1.54, 1.807) is 6.20 Å². The number of fused-ring (bicyclic) bond motifs is 1. The molecule has 0 saturated carbocycles. The van der Waals surface area contributed by atoms with Gasteiger partial charge in [-0.05, 0) is 32.5 Å². The molecule has 0 radical (unpaired) electrons. The maximum absolute atomic E-state index is 12.4. The number of carbonyl (C=O) groups excluding carboxylic acids is 1. The third-order valence-corrected chi connectivity index (χ3v) is 3.04. The molecule has 2 aromatic rings. The Labute approximate surface area is 107 Å². The smallest absolute Gasteiger partial charge is 0.183 e. The average molecular weight is 242 g/mol. The fourth-order valence-electron chi connectivity index (χ4n) is 2.08. The third-order valence-electron chi connectivity index (χ3n) is 3.04. The van der Waals surface area contributed by atoms with Crippen LogP contribution in [0.25, 0.3) is 10.9 Å². The van der Waals surface area contributed by atoms with Crippen molar-refractivity contribution in [1.82, 2.24) is 10.3 Å². The number of hydrogen-bond donors (Lipinski definition) is 1. The molecule has 94 valence electrons. The molecular formula is C15H18N2O. The molecule has 3 nitrogen and oxygen atoms in total. The van der Waals surface area contributed by atoms with Crippen molar-refractivity contribution in [3.05, 3.63) is 42.1 Å². The zero-order valence-electron chi connectivity index (χ0n) is 11.0. The fraction of sp³-hybridized carbons (Fsp3) is 0.333. The number of carbonyl (C=O) groups is 1. The molecule has 0 aliphatic rings. The lowest BCUT2D eigenvalue weighted by molar-refractivity contribution is 0.0884. The van der Waals surface area contributed by atoms with Crippen molar-refractivity contribution in [2.75, 3.05) is 6.54 Å². The van der Waals surface area contributed by atoms with E-state index in [1.165, 1.54) is 0 Å². The van der Waals surface area contributed by atoms with E-state index in [2.05, 4.69) is 10.3 Å². The van der Waals surface area contributed by atoms with Gasteiger partial charge in [-0.2, -0.15) is 0 Å². The van der Waals surface area contributed by atoms with Gasteiger partial charge in [0.1, 0.15) is 0 Å². The summed E-state index contributed by atoms with van der Waals surface area (Å²) in [6, 6.07) is 9.72. The van der Waals surface area contributed by atoms with Crippen LogP contribution in [0, 0.1) is 0 Å². The molecular weight excluding hydrogens is 224 g/mol. The Kier molecular flexibility index (Phi) is 3.43. The van der Waals surface area contributed by atoms with Gasteiger partial charge in [0.05, 0.1) is 11.1 Å². The second-order valence-electron chi connectivity index (χ2n) is 4.90. The van der Waals surface area contributed by atoms with Gasteiger partial charge in [-0.3, -0.25) is 9.78 Å². The van der Waals surface area contributed by atoms with E-state index in [4.69, 9.17) is 0 Å². The molecule has 0 amide bonds. The van der Waals surface area contributed by atoms with Crippen LogP contribution in [0.2, 0.25) is 0 Å². The van der Waals surface area contributed by atoms with Crippen LogP contribution in [0.15, 0.2) is 36.5 Å². The van der Waals surface area contributed by atoms with Crippen molar-refractivity contribution in [2.45, 2.75) is 26.3 Å². The first-order valence-electron chi connectivity index (χ1n) is 6.19. The SMILES string of the molecule is CCNC(C)(C)C(=O)c1cnc2ccccc2c1. The number of pyridine rings is 1. The van der Waals surface area contributed by atoms with Gasteiger partial charge < -0.3 is 5.32 Å². The lowest BCUT2D eigenvalue weighted by Gasteiger charge is -2.24. The van der Waals surface area contributed by atoms with Crippen molar-refractivity contribution in [2.24, 2.45) is 0 Å². The number of hydrogen-bond acceptors (Lipinski definition) is 3. The largest absolute Gasteiger partial charge is 0.305 e. The minimum Gasteiger partial charge on any atom is -0.305 e. The summed E-state index contributed by atoms with van der Waals surface area (Å²) in [6.07, 6.45) is 1.66. The molecule has 18 heavy (non-hydrogen) atoms. The first-order valence-corrected chi connectivity index (χ1v) is 6.19. The predicted octanol–water partition coefficient (Wildman–Crippen LogP) is 2.81. The Balaban J connectivity index is 2.39. The second-order valence-corrected chi connectivity index (χ2v) is 4.90. The van der Waals surface area contributed by atoms with E-state index < -0.39 is 5.54 Å². The van der Waals surface area contributed by atoms with E-state index in [9.17, 15) is 4.79 Å². The van der Waals surface area contributed by atoms with Gasteiger partial charge in [0.25, 0.3) is 0 Å². The van der Waals surface area contributed by atoms with Crippen LogP contribution in [-0.4, -0.2) is 22.9 Å². The molecule has 1 aromatic carbocycles. The van der Waals surface area contributed by atoms with Crippen LogP contribution in [0.1, 0.15) is 31.1 Å². The lowest BCUT2D eigenvalue weighted by atomic mass is 9.93. The van der Waals surface area contributed by atoms with Crippen LogP contribution >= 0.6 is 0 Å². The van der Waals surface area contributed by atoms with Crippen molar-refractivity contribution < 1.29 is 4.79 Å². The van der Waals surface area contributed by atoms with Crippen LogP contribution in [-0.2, 0) is 0 Å². The number of rotatable bonds is 4. The number of likely N-dealkylation sites (N-methyl/N-ethyl adjacent to an activating group) is 1. The minimum absolute atomic E-state index is 0.0719. The van der Waals surface area contributed by atoms with E-state index in [0.717, 1.165) is 17.4 Å². The molecule has 0 atom stereocenters. The predicted molar refractivity (Wildman–Crippen MR) is 73.8 cm³/mol. The molecule has 2 rings (SSSR count). The van der Waals surface area contributed by atoms with Gasteiger partial charge >= 0.3 is 0 Å². The number of nitrogens with one attached hydrogen (secondary N) is 1. The number of Topliss-reactive ketones (excluding diaryl/α,β-unsaturated/α-hetero) is 1. The summed E-state index contributed by atoms with van der Waals surface area (Å²) < 4.78 is 0. The summed E-state index contributed by atoms with van der Waals surface area (Å²) >= 11 is 0. The monoisotopic (exact) mass is 242 g/mol.